The van der Waals surface area contributed by atoms with Crippen LogP contribution in [0.15, 0.2) is 0 Å². The maximum atomic E-state index is 2.36. The molecule has 0 nitrogen and oxygen atoms in total. The third-order valence-corrected chi connectivity index (χ3v) is 2.20. The average Bonchev–Trinajstić information content (AvgIpc) is 1.59. The van der Waals surface area contributed by atoms with Crippen molar-refractivity contribution in [3.63, 3.8) is 0 Å². The van der Waals surface area contributed by atoms with Crippen molar-refractivity contribution in [3.8, 4) is 0 Å². The molecule has 0 spiro atoms. The van der Waals surface area contributed by atoms with Crippen LogP contribution >= 0.6 is 0 Å². The second-order valence-electron chi connectivity index (χ2n) is 3.81. The molecule has 1 saturated carbocycles. The van der Waals surface area contributed by atoms with Gasteiger partial charge < -0.3 is 0 Å². The third kappa shape index (κ3) is 1.92. The van der Waals surface area contributed by atoms with Gasteiger partial charge in [0.25, 0.3) is 0 Å². The van der Waals surface area contributed by atoms with Gasteiger partial charge in [0.05, 0.1) is 25.7 Å². The van der Waals surface area contributed by atoms with Gasteiger partial charge in [-0.1, -0.05) is 13.8 Å². The Labute approximate surface area is 58.7 Å². The van der Waals surface area contributed by atoms with E-state index in [4.69, 9.17) is 0 Å². The fourth-order valence-corrected chi connectivity index (χ4v) is 2.13. The smallest absolute Gasteiger partial charge is 0.0584 e. The lowest BCUT2D eigenvalue weighted by molar-refractivity contribution is 0.325. The normalized spacial score (nSPS) is 37.0. The summed E-state index contributed by atoms with van der Waals surface area (Å²) < 4.78 is 0. The van der Waals surface area contributed by atoms with Crippen LogP contribution in [0.5, 0.6) is 0 Å². The van der Waals surface area contributed by atoms with Crippen molar-refractivity contribution in [3.05, 3.63) is 5.92 Å². The number of rotatable bonds is 0. The van der Waals surface area contributed by atoms with E-state index in [1.807, 2.05) is 0 Å². The summed E-state index contributed by atoms with van der Waals surface area (Å²) in [5, 5.41) is 0. The van der Waals surface area contributed by atoms with Crippen LogP contribution in [-0.2, 0) is 0 Å². The van der Waals surface area contributed by atoms with Crippen LogP contribution in [0.4, 0.5) is 0 Å². The van der Waals surface area contributed by atoms with E-state index in [1.165, 1.54) is 19.3 Å². The van der Waals surface area contributed by atoms with E-state index in [0.29, 0.717) is 0 Å². The molecule has 0 aromatic carbocycles. The zero-order valence-electron chi connectivity index (χ0n) is 6.78. The van der Waals surface area contributed by atoms with Crippen LogP contribution in [0.2, 0.25) is 0 Å². The first kappa shape index (κ1) is 6.98. The summed E-state index contributed by atoms with van der Waals surface area (Å²) in [4.78, 5) is 0. The van der Waals surface area contributed by atoms with Gasteiger partial charge in [0.15, 0.2) is 0 Å². The van der Waals surface area contributed by atoms with E-state index in [-0.39, 0.29) is 0 Å². The lowest BCUT2D eigenvalue weighted by atomic mass is 9.78. The first-order valence-corrected chi connectivity index (χ1v) is 3.99. The molecule has 0 aliphatic heterocycles. The monoisotopic (exact) mass is 125 g/mol. The number of hydrogen-bond acceptors (Lipinski definition) is 0. The molecule has 0 bridgehead atoms. The van der Waals surface area contributed by atoms with Gasteiger partial charge in [-0.25, -0.2) is 0 Å². The van der Waals surface area contributed by atoms with Crippen molar-refractivity contribution in [2.45, 2.75) is 40.0 Å². The summed E-state index contributed by atoms with van der Waals surface area (Å²) in [6, 6.07) is 0. The molecule has 0 aromatic rings. The highest BCUT2D eigenvalue weighted by Crippen LogP contribution is 2.33. The molecule has 0 aromatic heterocycles. The van der Waals surface area contributed by atoms with Crippen molar-refractivity contribution < 1.29 is 0 Å². The van der Waals surface area contributed by atoms with Crippen LogP contribution in [0.25, 0.3) is 0 Å². The Morgan fingerprint density at radius 1 is 1.11 bits per heavy atom. The van der Waals surface area contributed by atoms with Gasteiger partial charge in [0, 0.05) is 0 Å². The summed E-state index contributed by atoms with van der Waals surface area (Å²) in [5.41, 5.74) is 0. The fourth-order valence-electron chi connectivity index (χ4n) is 2.13. The Morgan fingerprint density at radius 2 is 1.56 bits per heavy atom. The molecule has 1 fully saturated rings. The molecule has 0 radical (unpaired) electrons. The molecule has 1 aliphatic carbocycles. The summed E-state index contributed by atoms with van der Waals surface area (Å²) in [6.45, 7) is 7.02. The van der Waals surface area contributed by atoms with Crippen LogP contribution < -0.4 is 0 Å². The average molecular weight is 125 g/mol. The van der Waals surface area contributed by atoms with Gasteiger partial charge in [-0.2, -0.15) is 0 Å². The fraction of sp³-hybridized carbons (Fsp3) is 0.889. The van der Waals surface area contributed by atoms with E-state index in [2.05, 4.69) is 20.8 Å². The second-order valence-corrected chi connectivity index (χ2v) is 3.81. The first-order valence-electron chi connectivity index (χ1n) is 3.99. The van der Waals surface area contributed by atoms with Crippen molar-refractivity contribution in [1.82, 2.24) is 0 Å². The molecule has 0 N–H and O–H groups in total. The highest BCUT2D eigenvalue weighted by molar-refractivity contribution is 4.92. The Morgan fingerprint density at radius 3 is 1.89 bits per heavy atom. The molecule has 9 heavy (non-hydrogen) atoms. The molecular formula is C9H17+. The van der Waals surface area contributed by atoms with Crippen LogP contribution in [0.1, 0.15) is 40.0 Å². The van der Waals surface area contributed by atoms with Crippen molar-refractivity contribution in [2.24, 2.45) is 11.8 Å². The molecule has 1 rings (SSSR count). The minimum Gasteiger partial charge on any atom is -0.0584 e. The predicted octanol–water partition coefficient (Wildman–Crippen LogP) is 3.04. The Kier molecular flexibility index (Phi) is 2.05. The maximum Gasteiger partial charge on any atom is 0.0922 e. The summed E-state index contributed by atoms with van der Waals surface area (Å²) in [6.07, 6.45) is 4.20. The quantitative estimate of drug-likeness (QED) is 0.436. The molecule has 1 aliphatic rings. The Bertz CT molecular complexity index is 61.0. The zero-order chi connectivity index (χ0) is 6.85. The van der Waals surface area contributed by atoms with Crippen LogP contribution in [0.3, 0.4) is 0 Å². The highest BCUT2D eigenvalue weighted by atomic mass is 14.3. The van der Waals surface area contributed by atoms with Gasteiger partial charge in [-0.15, -0.1) is 0 Å². The molecule has 2 atom stereocenters. The van der Waals surface area contributed by atoms with Crippen LogP contribution in [0, 0.1) is 17.8 Å². The van der Waals surface area contributed by atoms with Crippen molar-refractivity contribution in [2.75, 3.05) is 0 Å². The summed E-state index contributed by atoms with van der Waals surface area (Å²) in [7, 11) is 0. The first-order chi connectivity index (χ1) is 4.18. The Hall–Kier alpha value is -0.130. The molecule has 0 amide bonds. The number of hydrogen-bond donors (Lipinski definition) is 0. The van der Waals surface area contributed by atoms with Crippen LogP contribution in [-0.4, -0.2) is 0 Å². The lowest BCUT2D eigenvalue weighted by Crippen LogP contribution is -2.15. The zero-order valence-corrected chi connectivity index (χ0v) is 6.78. The molecule has 52 valence electrons. The van der Waals surface area contributed by atoms with E-state index in [1.54, 1.807) is 5.92 Å². The van der Waals surface area contributed by atoms with Gasteiger partial charge in [-0.05, 0) is 18.3 Å². The van der Waals surface area contributed by atoms with Gasteiger partial charge >= 0.3 is 0 Å². The summed E-state index contributed by atoms with van der Waals surface area (Å²) >= 11 is 0. The topological polar surface area (TPSA) is 0 Å². The maximum absolute atomic E-state index is 2.36. The molecule has 0 heteroatoms. The standard InChI is InChI=1S/C9H17/c1-7-4-8(2)6-9(3)5-7/h7-8H,4-6H2,1-3H3/q+1. The third-order valence-electron chi connectivity index (χ3n) is 2.20. The van der Waals surface area contributed by atoms with E-state index < -0.39 is 0 Å². The van der Waals surface area contributed by atoms with E-state index >= 15 is 0 Å². The van der Waals surface area contributed by atoms with Gasteiger partial charge in [0.2, 0.25) is 0 Å². The molecule has 2 unspecified atom stereocenters. The van der Waals surface area contributed by atoms with Gasteiger partial charge in [-0.3, -0.25) is 0 Å². The highest BCUT2D eigenvalue weighted by Gasteiger charge is 2.28. The molecule has 0 saturated heterocycles. The minimum atomic E-state index is 0.953. The van der Waals surface area contributed by atoms with Gasteiger partial charge in [0.1, 0.15) is 0 Å². The second kappa shape index (κ2) is 2.64. The Balaban J connectivity index is 2.34. The molecular weight excluding hydrogens is 108 g/mol. The predicted molar refractivity (Wildman–Crippen MR) is 41.1 cm³/mol. The largest absolute Gasteiger partial charge is 0.0922 e. The summed E-state index contributed by atoms with van der Waals surface area (Å²) in [5.74, 6) is 3.61. The minimum absolute atomic E-state index is 0.953. The van der Waals surface area contributed by atoms with Crippen molar-refractivity contribution >= 4 is 0 Å². The lowest BCUT2D eigenvalue weighted by Gasteiger charge is -2.21. The SMILES string of the molecule is C[C+]1CC(C)CC(C)C1. The molecule has 0 heterocycles. The van der Waals surface area contributed by atoms with Crippen molar-refractivity contribution in [1.29, 1.82) is 0 Å². The van der Waals surface area contributed by atoms with E-state index in [9.17, 15) is 0 Å². The van der Waals surface area contributed by atoms with E-state index in [0.717, 1.165) is 11.8 Å².